The van der Waals surface area contributed by atoms with Crippen molar-refractivity contribution < 1.29 is 13.7 Å². The van der Waals surface area contributed by atoms with Gasteiger partial charge in [-0.2, -0.15) is 0 Å². The van der Waals surface area contributed by atoms with E-state index < -0.39 is 11.0 Å². The second-order valence-corrected chi connectivity index (χ2v) is 11.2. The quantitative estimate of drug-likeness (QED) is 0.233. The van der Waals surface area contributed by atoms with Crippen LogP contribution in [-0.4, -0.2) is 57.7 Å². The Morgan fingerprint density at radius 1 is 0.925 bits per heavy atom. The molecule has 2 heterocycles. The van der Waals surface area contributed by atoms with Gasteiger partial charge in [-0.1, -0.05) is 50.1 Å². The molecule has 1 aromatic heterocycles. The molecule has 4 aromatic rings. The number of nitrogens with one attached hydrogen (secondary N) is 1. The molecule has 0 saturated carbocycles. The largest absolute Gasteiger partial charge is 0.494 e. The number of rotatable bonds is 11. The first-order chi connectivity index (χ1) is 19.6. The van der Waals surface area contributed by atoms with Gasteiger partial charge < -0.3 is 14.4 Å². The first-order valence-corrected chi connectivity index (χ1v) is 15.1. The Bertz CT molecular complexity index is 1430. The van der Waals surface area contributed by atoms with E-state index in [9.17, 15) is 9.00 Å². The van der Waals surface area contributed by atoms with Crippen molar-refractivity contribution in [3.8, 4) is 5.75 Å². The summed E-state index contributed by atoms with van der Waals surface area (Å²) in [6.07, 6.45) is 5.18. The number of hydrogen-bond donors (Lipinski definition) is 1. The topological polar surface area (TPSA) is 74.8 Å². The molecule has 8 heteroatoms. The Labute approximate surface area is 238 Å². The van der Waals surface area contributed by atoms with Crippen LogP contribution in [0.1, 0.15) is 42.1 Å². The predicted molar refractivity (Wildman–Crippen MR) is 161 cm³/mol. The molecule has 0 radical (unpaired) electrons. The summed E-state index contributed by atoms with van der Waals surface area (Å²) in [5.74, 6) is 0.948. The Balaban J connectivity index is 1.10. The number of piperazine rings is 1. The van der Waals surface area contributed by atoms with Crippen LogP contribution in [0.5, 0.6) is 5.75 Å². The van der Waals surface area contributed by atoms with Crippen molar-refractivity contribution in [2.45, 2.75) is 37.6 Å². The van der Waals surface area contributed by atoms with Crippen LogP contribution in [-0.2, 0) is 17.5 Å². The van der Waals surface area contributed by atoms with Gasteiger partial charge >= 0.3 is 0 Å². The fourth-order valence-corrected chi connectivity index (χ4v) is 5.86. The Morgan fingerprint density at radius 2 is 1.68 bits per heavy atom. The van der Waals surface area contributed by atoms with Gasteiger partial charge in [-0.15, -0.1) is 0 Å². The summed E-state index contributed by atoms with van der Waals surface area (Å²) in [6.45, 7) is 6.87. The lowest BCUT2D eigenvalue weighted by Crippen LogP contribution is -2.48. The maximum absolute atomic E-state index is 13.1. The summed E-state index contributed by atoms with van der Waals surface area (Å²) >= 11 is 0. The van der Waals surface area contributed by atoms with Crippen molar-refractivity contribution in [3.05, 3.63) is 96.2 Å². The highest BCUT2D eigenvalue weighted by atomic mass is 32.2. The average molecular weight is 557 g/mol. The van der Waals surface area contributed by atoms with Crippen molar-refractivity contribution in [2.75, 3.05) is 37.5 Å². The van der Waals surface area contributed by atoms with E-state index in [1.807, 2.05) is 47.4 Å². The summed E-state index contributed by atoms with van der Waals surface area (Å²) in [5.41, 5.74) is 3.28. The third-order valence-electron chi connectivity index (χ3n) is 7.14. The highest BCUT2D eigenvalue weighted by Crippen LogP contribution is 2.22. The van der Waals surface area contributed by atoms with Gasteiger partial charge in [0.05, 0.1) is 17.0 Å². The lowest BCUT2D eigenvalue weighted by molar-refractivity contribution is 0.0628. The molecular formula is C32H36N4O3S. The number of aromatic nitrogens is 1. The van der Waals surface area contributed by atoms with Crippen LogP contribution in [0.2, 0.25) is 0 Å². The molecule has 1 aliphatic rings. The van der Waals surface area contributed by atoms with Crippen molar-refractivity contribution in [3.63, 3.8) is 0 Å². The number of ether oxygens (including phenoxy) is 1. The third kappa shape index (κ3) is 7.06. The van der Waals surface area contributed by atoms with Gasteiger partial charge in [0.25, 0.3) is 5.91 Å². The number of amides is 1. The molecule has 40 heavy (non-hydrogen) atoms. The van der Waals surface area contributed by atoms with Crippen LogP contribution in [0.15, 0.2) is 90.0 Å². The molecule has 7 nitrogen and oxygen atoms in total. The first kappa shape index (κ1) is 27.8. The SMILES string of the molecule is CCCCCOc1ccc(CN2CCN(C(=O)c3ccc(NS(=O)c4cccc5cccnc45)cc3)CC2)cc1. The van der Waals surface area contributed by atoms with Crippen LogP contribution in [0.3, 0.4) is 0 Å². The number of unbranched alkanes of at least 4 members (excludes halogenated alkanes) is 2. The Morgan fingerprint density at radius 3 is 2.42 bits per heavy atom. The number of carbonyl (C=O) groups excluding carboxylic acids is 1. The van der Waals surface area contributed by atoms with E-state index in [0.717, 1.165) is 43.8 Å². The lowest BCUT2D eigenvalue weighted by atomic mass is 10.1. The molecule has 1 amide bonds. The maximum Gasteiger partial charge on any atom is 0.253 e. The zero-order valence-electron chi connectivity index (χ0n) is 22.9. The van der Waals surface area contributed by atoms with Crippen LogP contribution >= 0.6 is 0 Å². The molecule has 1 unspecified atom stereocenters. The average Bonchev–Trinajstić information content (AvgIpc) is 3.00. The van der Waals surface area contributed by atoms with E-state index in [1.54, 1.807) is 30.5 Å². The minimum absolute atomic E-state index is 0.0233. The second kappa shape index (κ2) is 13.5. The number of benzene rings is 3. The van der Waals surface area contributed by atoms with E-state index in [0.29, 0.717) is 34.8 Å². The lowest BCUT2D eigenvalue weighted by Gasteiger charge is -2.34. The highest BCUT2D eigenvalue weighted by molar-refractivity contribution is 7.86. The molecule has 0 spiro atoms. The van der Waals surface area contributed by atoms with Crippen molar-refractivity contribution >= 4 is 33.5 Å². The number of anilines is 1. The predicted octanol–water partition coefficient (Wildman–Crippen LogP) is 5.90. The summed E-state index contributed by atoms with van der Waals surface area (Å²) in [6, 6.07) is 25.0. The molecule has 1 atom stereocenters. The zero-order valence-corrected chi connectivity index (χ0v) is 23.7. The standard InChI is InChI=1S/C32H36N4O3S/c1-2-3-4-23-39-29-16-10-25(11-17-29)24-35-19-21-36(22-20-35)32(37)27-12-14-28(15-13-27)34-40(38)30-9-5-7-26-8-6-18-33-31(26)30/h5-18,34H,2-4,19-24H2,1H3. The summed E-state index contributed by atoms with van der Waals surface area (Å²) < 4.78 is 21.9. The number of carbonyl (C=O) groups is 1. The fourth-order valence-electron chi connectivity index (χ4n) is 4.85. The van der Waals surface area contributed by atoms with Crippen molar-refractivity contribution in [2.24, 2.45) is 0 Å². The first-order valence-electron chi connectivity index (χ1n) is 14.0. The van der Waals surface area contributed by atoms with Gasteiger partial charge in [0.1, 0.15) is 5.75 Å². The summed E-state index contributed by atoms with van der Waals surface area (Å²) in [5, 5.41) is 0.942. The molecule has 1 N–H and O–H groups in total. The molecule has 0 bridgehead atoms. The Hall–Kier alpha value is -3.75. The molecule has 208 valence electrons. The van der Waals surface area contributed by atoms with Gasteiger partial charge in [0, 0.05) is 55.6 Å². The Kier molecular flexibility index (Phi) is 9.42. The number of hydrogen-bond acceptors (Lipinski definition) is 5. The van der Waals surface area contributed by atoms with Gasteiger partial charge in [-0.3, -0.25) is 14.7 Å². The summed E-state index contributed by atoms with van der Waals surface area (Å²) in [7, 11) is -1.48. The van der Waals surface area contributed by atoms with E-state index in [1.165, 1.54) is 18.4 Å². The number of pyridine rings is 1. The van der Waals surface area contributed by atoms with Crippen molar-refractivity contribution in [1.29, 1.82) is 0 Å². The number of nitrogens with zero attached hydrogens (tertiary/aromatic N) is 3. The highest BCUT2D eigenvalue weighted by Gasteiger charge is 2.22. The van der Waals surface area contributed by atoms with E-state index in [2.05, 4.69) is 33.7 Å². The molecule has 1 saturated heterocycles. The number of fused-ring (bicyclic) bond motifs is 1. The molecular weight excluding hydrogens is 520 g/mol. The summed E-state index contributed by atoms with van der Waals surface area (Å²) in [4.78, 5) is 22.4. The fraction of sp³-hybridized carbons (Fsp3) is 0.312. The van der Waals surface area contributed by atoms with Crippen LogP contribution < -0.4 is 9.46 Å². The van der Waals surface area contributed by atoms with E-state index in [4.69, 9.17) is 4.74 Å². The molecule has 1 fully saturated rings. The molecule has 5 rings (SSSR count). The second-order valence-electron chi connectivity index (χ2n) is 10.0. The molecule has 1 aliphatic heterocycles. The smallest absolute Gasteiger partial charge is 0.253 e. The van der Waals surface area contributed by atoms with Crippen LogP contribution in [0.4, 0.5) is 5.69 Å². The minimum Gasteiger partial charge on any atom is -0.494 e. The minimum atomic E-state index is -1.48. The van der Waals surface area contributed by atoms with E-state index in [-0.39, 0.29) is 5.91 Å². The van der Waals surface area contributed by atoms with E-state index >= 15 is 0 Å². The monoisotopic (exact) mass is 556 g/mol. The molecule has 3 aromatic carbocycles. The van der Waals surface area contributed by atoms with Crippen LogP contribution in [0.25, 0.3) is 10.9 Å². The van der Waals surface area contributed by atoms with Gasteiger partial charge in [0.15, 0.2) is 11.0 Å². The van der Waals surface area contributed by atoms with Crippen LogP contribution in [0, 0.1) is 0 Å². The number of para-hydroxylation sites is 1. The normalized spacial score (nSPS) is 14.7. The van der Waals surface area contributed by atoms with Gasteiger partial charge in [-0.05, 0) is 60.5 Å². The van der Waals surface area contributed by atoms with Gasteiger partial charge in [0.2, 0.25) is 0 Å². The molecule has 0 aliphatic carbocycles. The van der Waals surface area contributed by atoms with Gasteiger partial charge in [-0.25, -0.2) is 4.21 Å². The maximum atomic E-state index is 13.1. The van der Waals surface area contributed by atoms with Crippen molar-refractivity contribution in [1.82, 2.24) is 14.8 Å². The zero-order chi connectivity index (χ0) is 27.7. The third-order valence-corrected chi connectivity index (χ3v) is 8.29.